The molecule has 0 spiro atoms. The molecule has 6 aromatic carbocycles. The Morgan fingerprint density at radius 2 is 0.732 bits per heavy atom. The minimum Gasteiger partial charge on any atom is -0.736 e. The highest BCUT2D eigenvalue weighted by atomic mass is 31.2. The van der Waals surface area contributed by atoms with Crippen molar-refractivity contribution in [2.24, 2.45) is 0 Å². The summed E-state index contributed by atoms with van der Waals surface area (Å²) in [5, 5.41) is 4.11. The van der Waals surface area contributed by atoms with E-state index in [4.69, 9.17) is 9.05 Å². The lowest BCUT2D eigenvalue weighted by atomic mass is 9.78. The zero-order valence-corrected chi connectivity index (χ0v) is 47.3. The number of phosphoric acid groups is 1. The third-order valence-corrected chi connectivity index (χ3v) is 16.2. The first kappa shape index (κ1) is 54.4. The normalized spacial score (nSPS) is 13.5. The monoisotopic (exact) mass is 976 g/mol. The Labute approximate surface area is 430 Å². The van der Waals surface area contributed by atoms with E-state index in [1.165, 1.54) is 109 Å². The largest absolute Gasteiger partial charge is 0.736 e. The van der Waals surface area contributed by atoms with Crippen LogP contribution in [0.3, 0.4) is 0 Å². The van der Waals surface area contributed by atoms with Gasteiger partial charge in [0.2, 0.25) is 0 Å². The number of rotatable bonds is 22. The van der Waals surface area contributed by atoms with E-state index >= 15 is 9.46 Å². The topological polar surface area (TPSA) is 58.6 Å². The predicted molar refractivity (Wildman–Crippen MR) is 305 cm³/mol. The molecule has 1 heterocycles. The average molecular weight is 976 g/mol. The maximum atomic E-state index is 15.1. The van der Waals surface area contributed by atoms with Crippen LogP contribution in [0.2, 0.25) is 0 Å². The molecule has 0 N–H and O–H groups in total. The van der Waals surface area contributed by atoms with Gasteiger partial charge in [0.05, 0.1) is 0 Å². The van der Waals surface area contributed by atoms with Gasteiger partial charge >= 0.3 is 7.82 Å². The molecular weight excluding hydrogens is 888 g/mol. The van der Waals surface area contributed by atoms with Gasteiger partial charge in [-0.3, -0.25) is 0 Å². The molecule has 0 unspecified atom stereocenters. The molecule has 71 heavy (non-hydrogen) atoms. The highest BCUT2D eigenvalue weighted by molar-refractivity contribution is 7.46. The number of hydrogen-bond acceptors (Lipinski definition) is 4. The molecule has 0 aromatic heterocycles. The summed E-state index contributed by atoms with van der Waals surface area (Å²) in [6.45, 7) is 31.7. The number of hydrogen-bond donors (Lipinski definition) is 0. The number of benzene rings is 6. The highest BCUT2D eigenvalue weighted by Gasteiger charge is 2.36. The number of phosphoric ester groups is 1. The molecule has 0 fully saturated rings. The van der Waals surface area contributed by atoms with E-state index in [1.54, 1.807) is 0 Å². The fraction of sp³-hybridized carbons (Fsp3) is 0.515. The lowest BCUT2D eigenvalue weighted by molar-refractivity contribution is -0.208. The lowest BCUT2D eigenvalue weighted by Crippen LogP contribution is -2.13. The van der Waals surface area contributed by atoms with Crippen molar-refractivity contribution in [2.45, 2.75) is 222 Å². The Morgan fingerprint density at radius 3 is 1.04 bits per heavy atom. The summed E-state index contributed by atoms with van der Waals surface area (Å²) in [5.74, 6) is 2.02. The van der Waals surface area contributed by atoms with Gasteiger partial charge in [-0.15, -0.1) is 0 Å². The molecule has 0 radical (unpaired) electrons. The first-order valence-corrected chi connectivity index (χ1v) is 29.6. The van der Waals surface area contributed by atoms with Gasteiger partial charge in [-0.05, 0) is 151 Å². The van der Waals surface area contributed by atoms with E-state index in [0.717, 1.165) is 80.6 Å². The molecule has 382 valence electrons. The van der Waals surface area contributed by atoms with Gasteiger partial charge in [-0.2, -0.15) is 0 Å². The number of aryl methyl sites for hydroxylation is 2. The zero-order valence-electron chi connectivity index (χ0n) is 46.4. The quantitative estimate of drug-likeness (QED) is 0.0502. The van der Waals surface area contributed by atoms with Crippen LogP contribution < -0.4 is 13.9 Å². The van der Waals surface area contributed by atoms with E-state index < -0.39 is 7.82 Å². The Balaban J connectivity index is 1.64. The van der Waals surface area contributed by atoms with Crippen LogP contribution in [0.4, 0.5) is 0 Å². The fourth-order valence-corrected chi connectivity index (χ4v) is 12.1. The van der Waals surface area contributed by atoms with Crippen molar-refractivity contribution in [1.29, 1.82) is 0 Å². The van der Waals surface area contributed by atoms with Crippen LogP contribution in [0.1, 0.15) is 254 Å². The maximum Gasteiger partial charge on any atom is 0.372 e. The standard InChI is InChI=1S/C66H89O4P/c1-15-17-19-21-23-25-27-47-29-31-53-51(33-47)39-59(61-55(43(7)8)35-49(41(3)4)36-56(61)44(9)10)65-63(53)64-54-32-30-48(28-26-24-22-20-18-16-2)34-52(54)40-60(66(64)70-71(67,68)69-65)62-57(45(11)12)37-50(42(5)6)38-58(62)46(13)14/h29-46H,15-28H2,1-14H3,(H,67,68)/p-1. The third kappa shape index (κ3) is 12.2. The Kier molecular flexibility index (Phi) is 18.1. The van der Waals surface area contributed by atoms with Crippen LogP contribution in [0.25, 0.3) is 54.9 Å². The van der Waals surface area contributed by atoms with Crippen LogP contribution in [-0.2, 0) is 17.4 Å². The second-order valence-corrected chi connectivity index (χ2v) is 24.4. The minimum absolute atomic E-state index is 0.162. The SMILES string of the molecule is CCCCCCCCc1ccc2c3c(c(-c4c(C(C)C)cc(C(C)C)cc4C(C)C)cc2c1)OP(=O)([O-])Oc1c(-c2c(C(C)C)cc(C(C)C)cc2C(C)C)cc2cc(CCCCCCCC)ccc2c1-3. The molecule has 1 aliphatic heterocycles. The molecule has 4 nitrogen and oxygen atoms in total. The predicted octanol–water partition coefficient (Wildman–Crippen LogP) is 20.8. The van der Waals surface area contributed by atoms with E-state index in [1.807, 2.05) is 0 Å². The van der Waals surface area contributed by atoms with Gasteiger partial charge < -0.3 is 13.9 Å². The summed E-state index contributed by atoms with van der Waals surface area (Å²) >= 11 is 0. The van der Waals surface area contributed by atoms with Crippen LogP contribution in [0.15, 0.2) is 72.8 Å². The third-order valence-electron chi connectivity index (χ3n) is 15.4. The van der Waals surface area contributed by atoms with E-state index in [2.05, 4.69) is 170 Å². The van der Waals surface area contributed by atoms with Crippen molar-refractivity contribution in [3.8, 4) is 44.9 Å². The van der Waals surface area contributed by atoms with Gasteiger partial charge in [0.15, 0.2) is 0 Å². The first-order valence-electron chi connectivity index (χ1n) is 28.1. The van der Waals surface area contributed by atoms with Gasteiger partial charge in [-0.25, -0.2) is 4.57 Å². The molecule has 7 rings (SSSR count). The first-order chi connectivity index (χ1) is 33.8. The van der Waals surface area contributed by atoms with E-state index in [9.17, 15) is 0 Å². The van der Waals surface area contributed by atoms with Crippen molar-refractivity contribution in [1.82, 2.24) is 0 Å². The molecule has 5 heteroatoms. The van der Waals surface area contributed by atoms with Crippen molar-refractivity contribution in [3.63, 3.8) is 0 Å². The number of fused-ring (bicyclic) bond motifs is 7. The molecule has 0 aliphatic carbocycles. The molecule has 0 saturated carbocycles. The van der Waals surface area contributed by atoms with E-state index in [0.29, 0.717) is 23.3 Å². The summed E-state index contributed by atoms with van der Waals surface area (Å²) in [7, 11) is -5.07. The summed E-state index contributed by atoms with van der Waals surface area (Å²) < 4.78 is 28.4. The van der Waals surface area contributed by atoms with Crippen LogP contribution in [0.5, 0.6) is 11.5 Å². The van der Waals surface area contributed by atoms with Crippen LogP contribution in [-0.4, -0.2) is 0 Å². The zero-order chi connectivity index (χ0) is 51.3. The molecule has 0 atom stereocenters. The van der Waals surface area contributed by atoms with Crippen molar-refractivity contribution < 1.29 is 18.5 Å². The molecule has 6 aromatic rings. The summed E-state index contributed by atoms with van der Waals surface area (Å²) in [4.78, 5) is 15.1. The van der Waals surface area contributed by atoms with Crippen LogP contribution >= 0.6 is 7.82 Å². The average Bonchev–Trinajstić information content (AvgIpc) is 3.45. The smallest absolute Gasteiger partial charge is 0.372 e. The molecule has 0 bridgehead atoms. The van der Waals surface area contributed by atoms with Gasteiger partial charge in [0.25, 0.3) is 0 Å². The summed E-state index contributed by atoms with van der Waals surface area (Å²) in [6.07, 6.45) is 16.9. The van der Waals surface area contributed by atoms with Gasteiger partial charge in [0.1, 0.15) is 11.5 Å². The fourth-order valence-electron chi connectivity index (χ4n) is 11.2. The minimum atomic E-state index is -5.07. The molecule has 1 aliphatic rings. The van der Waals surface area contributed by atoms with Gasteiger partial charge in [-0.1, -0.05) is 222 Å². The molecule has 0 amide bonds. The second kappa shape index (κ2) is 23.7. The second-order valence-electron chi connectivity index (χ2n) is 23.1. The van der Waals surface area contributed by atoms with Crippen LogP contribution in [0, 0.1) is 0 Å². The number of unbranched alkanes of at least 4 members (excludes halogenated alkanes) is 10. The van der Waals surface area contributed by atoms with Crippen molar-refractivity contribution in [2.75, 3.05) is 0 Å². The summed E-state index contributed by atoms with van der Waals surface area (Å²) in [6, 6.07) is 27.7. The van der Waals surface area contributed by atoms with E-state index in [-0.39, 0.29) is 23.7 Å². The van der Waals surface area contributed by atoms with Gasteiger partial charge in [0, 0.05) is 22.3 Å². The Morgan fingerprint density at radius 1 is 0.408 bits per heavy atom. The maximum absolute atomic E-state index is 15.1. The molecule has 0 saturated heterocycles. The summed E-state index contributed by atoms with van der Waals surface area (Å²) in [5.41, 5.74) is 15.3. The Hall–Kier alpha value is -4.37. The molecular formula is C66H88O4P-. The lowest BCUT2D eigenvalue weighted by Gasteiger charge is -2.28. The van der Waals surface area contributed by atoms with Crippen molar-refractivity contribution >= 4 is 29.4 Å². The van der Waals surface area contributed by atoms with Crippen molar-refractivity contribution in [3.05, 3.63) is 117 Å². The highest BCUT2D eigenvalue weighted by Crippen LogP contribution is 2.62. The Bertz CT molecular complexity index is 2610.